The van der Waals surface area contributed by atoms with Crippen LogP contribution in [0.2, 0.25) is 0 Å². The third-order valence-electron chi connectivity index (χ3n) is 6.04. The van der Waals surface area contributed by atoms with E-state index in [0.29, 0.717) is 0 Å². The number of hydrogen-bond acceptors (Lipinski definition) is 6. The fourth-order valence-electron chi connectivity index (χ4n) is 4.11. The third kappa shape index (κ3) is 21.6. The van der Waals surface area contributed by atoms with Crippen molar-refractivity contribution in [2.75, 3.05) is 0 Å². The molecular formula is C28H42O4P2S4Zn3+2. The van der Waals surface area contributed by atoms with Gasteiger partial charge in [0.2, 0.25) is 9.79 Å². The van der Waals surface area contributed by atoms with Gasteiger partial charge in [0.15, 0.2) is 0 Å². The summed E-state index contributed by atoms with van der Waals surface area (Å²) < 4.78 is 0. The van der Waals surface area contributed by atoms with Crippen LogP contribution in [0.4, 0.5) is 0 Å². The van der Waals surface area contributed by atoms with Gasteiger partial charge >= 0.3 is 58.4 Å². The zero-order valence-electron chi connectivity index (χ0n) is 25.2. The molecule has 0 heterocycles. The molecule has 0 saturated heterocycles. The van der Waals surface area contributed by atoms with Gasteiger partial charge in [-0.05, 0) is 62.5 Å². The summed E-state index contributed by atoms with van der Waals surface area (Å²) in [5, 5.41) is 0. The molecule has 41 heavy (non-hydrogen) atoms. The second-order valence-corrected chi connectivity index (χ2v) is 20.6. The summed E-state index contributed by atoms with van der Waals surface area (Å²) in [5.41, 5.74) is -2.55. The third-order valence-corrected chi connectivity index (χ3v) is 11.5. The van der Waals surface area contributed by atoms with Crippen LogP contribution in [-0.4, -0.2) is 0 Å². The molecule has 0 aliphatic heterocycles. The van der Waals surface area contributed by atoms with Gasteiger partial charge in [-0.2, -0.15) is 0 Å². The number of unbranched alkanes of at least 4 members (excludes halogenated alkanes) is 4. The fraction of sp³-hybridized carbons (Fsp3) is 0.571. The van der Waals surface area contributed by atoms with Crippen LogP contribution in [0.3, 0.4) is 0 Å². The van der Waals surface area contributed by atoms with Crippen molar-refractivity contribution in [2.45, 2.75) is 115 Å². The molecule has 2 rings (SSSR count). The smallest absolute Gasteiger partial charge is 0.815 e. The number of aryl methyl sites for hydroxylation is 2. The van der Waals surface area contributed by atoms with E-state index in [1.165, 1.54) is 22.3 Å². The molecule has 0 aliphatic carbocycles. The summed E-state index contributed by atoms with van der Waals surface area (Å²) in [6.07, 6.45) is 12.8. The van der Waals surface area contributed by atoms with Crippen molar-refractivity contribution in [2.24, 2.45) is 0 Å². The van der Waals surface area contributed by atoms with Crippen LogP contribution >= 0.6 is 11.4 Å². The molecule has 0 spiro atoms. The average molecular weight is 829 g/mol. The molecule has 0 aliphatic rings. The van der Waals surface area contributed by atoms with Crippen molar-refractivity contribution in [3.05, 3.63) is 58.7 Å². The molecule has 0 radical (unpaired) electrons. The van der Waals surface area contributed by atoms with Crippen molar-refractivity contribution in [3.63, 3.8) is 0 Å². The normalized spacial score (nSPS) is 10.8. The molecule has 0 bridgehead atoms. The maximum Gasteiger partial charge on any atom is 2.00 e. The predicted octanol–water partition coefficient (Wildman–Crippen LogP) is 5.51. The van der Waals surface area contributed by atoms with Crippen molar-refractivity contribution in [3.8, 4) is 0 Å². The van der Waals surface area contributed by atoms with E-state index in [-0.39, 0.29) is 58.4 Å². The zero-order valence-corrected chi connectivity index (χ0v) is 39.2. The Morgan fingerprint density at radius 1 is 0.537 bits per heavy atom. The van der Waals surface area contributed by atoms with Crippen LogP contribution in [0, 0.1) is 0 Å². The summed E-state index contributed by atoms with van der Waals surface area (Å²) in [4.78, 5) is 47.1. The van der Waals surface area contributed by atoms with E-state index in [0.717, 1.165) is 109 Å². The topological polar surface area (TPSA) is 92.2 Å². The second-order valence-electron chi connectivity index (χ2n) is 9.28. The predicted molar refractivity (Wildman–Crippen MR) is 167 cm³/mol. The standard InChI is InChI=1S/2C14H21O2PS2.3Zn/c2*1-3-5-8-12-9-7-11-14(19-17(15,16)18)13(12)10-6-4-2;;;/h2*7,9,11H,3-6,8,10H2,1-2H3;;;/q2*-2;3*+2. The molecule has 0 saturated carbocycles. The first-order chi connectivity index (χ1) is 18.0. The molecule has 0 atom stereocenters. The van der Waals surface area contributed by atoms with Gasteiger partial charge in [-0.25, -0.2) is 0 Å². The monoisotopic (exact) mass is 824 g/mol. The van der Waals surface area contributed by atoms with Crippen LogP contribution in [0.15, 0.2) is 46.2 Å². The SMILES string of the molecule is CCCCc1cccc([S+]=P([O-])([O-])[S-])c1CCCC.CCCCc1cccc([S+]=P([O-])([O-])[S-])c1CCCC.[Zn+2].[Zn+2].[Zn+2]. The van der Waals surface area contributed by atoms with Crippen molar-refractivity contribution in [1.29, 1.82) is 0 Å². The Kier molecular flexibility index (Phi) is 30.4. The van der Waals surface area contributed by atoms with E-state index < -0.39 is 11.4 Å². The van der Waals surface area contributed by atoms with E-state index >= 15 is 0 Å². The maximum absolute atomic E-state index is 11.4. The Morgan fingerprint density at radius 3 is 1.10 bits per heavy atom. The summed E-state index contributed by atoms with van der Waals surface area (Å²) in [6, 6.07) is 11.9. The first kappa shape index (κ1) is 47.6. The van der Waals surface area contributed by atoms with Crippen LogP contribution < -0.4 is 19.6 Å². The van der Waals surface area contributed by atoms with Crippen molar-refractivity contribution in [1.82, 2.24) is 0 Å². The Balaban J connectivity index is -0.000000656. The summed E-state index contributed by atoms with van der Waals surface area (Å²) in [5.74, 6) is 0. The van der Waals surface area contributed by atoms with E-state index in [9.17, 15) is 19.6 Å². The Bertz CT molecular complexity index is 994. The Morgan fingerprint density at radius 2 is 0.829 bits per heavy atom. The van der Waals surface area contributed by atoms with E-state index in [4.69, 9.17) is 0 Å². The molecule has 2 aromatic carbocycles. The molecule has 0 N–H and O–H groups in total. The molecule has 0 amide bonds. The number of rotatable bonds is 14. The quantitative estimate of drug-likeness (QED) is 0.108. The van der Waals surface area contributed by atoms with Gasteiger partial charge in [-0.1, -0.05) is 77.6 Å². The Hall–Kier alpha value is 2.15. The maximum atomic E-state index is 11.4. The van der Waals surface area contributed by atoms with Gasteiger partial charge < -0.3 is 44.1 Å². The molecule has 0 fully saturated rings. The van der Waals surface area contributed by atoms with E-state index in [2.05, 4.69) is 64.3 Å². The van der Waals surface area contributed by atoms with Crippen LogP contribution in [-0.2, 0) is 130 Å². The minimum atomic E-state index is -3.74. The first-order valence-electron chi connectivity index (χ1n) is 13.6. The van der Waals surface area contributed by atoms with E-state index in [1.807, 2.05) is 24.3 Å². The zero-order chi connectivity index (χ0) is 28.6. The van der Waals surface area contributed by atoms with Crippen LogP contribution in [0.1, 0.15) is 101 Å². The summed E-state index contributed by atoms with van der Waals surface area (Å²) >= 11 is 9.07. The molecule has 0 aromatic heterocycles. The summed E-state index contributed by atoms with van der Waals surface area (Å²) in [7, 11) is 1.68. The largest absolute Gasteiger partial charge is 2.00 e. The minimum Gasteiger partial charge on any atom is -0.815 e. The molecule has 2 aromatic rings. The Labute approximate surface area is 305 Å². The van der Waals surface area contributed by atoms with Gasteiger partial charge in [-0.3, -0.25) is 0 Å². The van der Waals surface area contributed by atoms with Gasteiger partial charge in [0.25, 0.3) is 0 Å². The number of hydrogen-bond donors (Lipinski definition) is 0. The van der Waals surface area contributed by atoms with Crippen molar-refractivity contribution < 1.29 is 78.0 Å². The van der Waals surface area contributed by atoms with Gasteiger partial charge in [0.05, 0.1) is 0 Å². The van der Waals surface area contributed by atoms with Crippen molar-refractivity contribution >= 4 is 57.8 Å². The average Bonchev–Trinajstić information content (AvgIpc) is 2.83. The first-order valence-corrected chi connectivity index (χ1v) is 21.7. The van der Waals surface area contributed by atoms with Gasteiger partial charge in [-0.15, -0.1) is 11.4 Å². The van der Waals surface area contributed by atoms with Gasteiger partial charge in [0, 0.05) is 23.3 Å². The molecular weight excluding hydrogens is 787 g/mol. The fourth-order valence-corrected chi connectivity index (χ4v) is 9.48. The second kappa shape index (κ2) is 26.2. The molecule has 4 nitrogen and oxygen atoms in total. The van der Waals surface area contributed by atoms with E-state index in [1.54, 1.807) is 0 Å². The van der Waals surface area contributed by atoms with Crippen LogP contribution in [0.25, 0.3) is 0 Å². The molecule has 216 valence electrons. The number of benzene rings is 2. The minimum absolute atomic E-state index is 0. The van der Waals surface area contributed by atoms with Gasteiger partial charge in [0.1, 0.15) is 21.9 Å². The molecule has 0 unspecified atom stereocenters. The summed E-state index contributed by atoms with van der Waals surface area (Å²) in [6.45, 7) is 8.62. The molecule has 13 heteroatoms. The van der Waals surface area contributed by atoms with Crippen LogP contribution in [0.5, 0.6) is 0 Å².